The Hall–Kier alpha value is -1.70. The number of hydrogen-bond acceptors (Lipinski definition) is 3. The molecule has 2 heterocycles. The second kappa shape index (κ2) is 5.83. The number of H-pyrrole nitrogens is 1. The summed E-state index contributed by atoms with van der Waals surface area (Å²) in [7, 11) is -3.53. The van der Waals surface area contributed by atoms with Crippen LogP contribution in [-0.4, -0.2) is 18.4 Å². The first-order valence-electron chi connectivity index (χ1n) is 6.63. The van der Waals surface area contributed by atoms with Gasteiger partial charge in [-0.15, -0.1) is 0 Å². The Balaban J connectivity index is 1.84. The summed E-state index contributed by atoms with van der Waals surface area (Å²) in [4.78, 5) is 7.53. The zero-order chi connectivity index (χ0) is 15.7. The van der Waals surface area contributed by atoms with E-state index in [9.17, 15) is 8.42 Å². The van der Waals surface area contributed by atoms with Gasteiger partial charge in [0, 0.05) is 28.8 Å². The van der Waals surface area contributed by atoms with E-state index in [4.69, 9.17) is 0 Å². The lowest BCUT2D eigenvalue weighted by Crippen LogP contribution is -2.23. The molecular weight excluding hydrogens is 366 g/mol. The lowest BCUT2D eigenvalue weighted by atomic mass is 10.2. The molecule has 0 fully saturated rings. The third kappa shape index (κ3) is 3.06. The number of hydrogen-bond donors (Lipinski definition) is 2. The molecule has 0 bridgehead atoms. The summed E-state index contributed by atoms with van der Waals surface area (Å²) >= 11 is 3.37. The number of aromatic amines is 1. The van der Waals surface area contributed by atoms with Gasteiger partial charge in [0.15, 0.2) is 0 Å². The van der Waals surface area contributed by atoms with Crippen molar-refractivity contribution in [1.82, 2.24) is 14.7 Å². The van der Waals surface area contributed by atoms with Crippen LogP contribution in [0, 0.1) is 6.92 Å². The standard InChI is InChI=1S/C15H14BrN3O2S/c1-10-2-4-13(5-3-10)22(20,21)19-8-11-7-17-15-14(11)6-12(16)9-18-15/h2-7,9,19H,8H2,1H3,(H,17,18). The molecule has 0 aliphatic carbocycles. The highest BCUT2D eigenvalue weighted by molar-refractivity contribution is 9.10. The molecule has 0 aliphatic rings. The second-order valence-electron chi connectivity index (χ2n) is 5.00. The molecule has 3 aromatic rings. The van der Waals surface area contributed by atoms with Crippen LogP contribution in [0.5, 0.6) is 0 Å². The quantitative estimate of drug-likeness (QED) is 0.731. The van der Waals surface area contributed by atoms with Crippen molar-refractivity contribution in [2.75, 3.05) is 0 Å². The highest BCUT2D eigenvalue weighted by atomic mass is 79.9. The number of nitrogens with zero attached hydrogens (tertiary/aromatic N) is 1. The second-order valence-corrected chi connectivity index (χ2v) is 7.68. The Morgan fingerprint density at radius 2 is 2.00 bits per heavy atom. The summed E-state index contributed by atoms with van der Waals surface area (Å²) in [5.74, 6) is 0. The maximum absolute atomic E-state index is 12.3. The van der Waals surface area contributed by atoms with E-state index in [1.54, 1.807) is 36.7 Å². The van der Waals surface area contributed by atoms with E-state index in [1.165, 1.54) is 0 Å². The average Bonchev–Trinajstić information content (AvgIpc) is 2.88. The average molecular weight is 380 g/mol. The Morgan fingerprint density at radius 1 is 1.27 bits per heavy atom. The van der Waals surface area contributed by atoms with Crippen molar-refractivity contribution in [1.29, 1.82) is 0 Å². The fourth-order valence-electron chi connectivity index (χ4n) is 2.15. The van der Waals surface area contributed by atoms with Crippen LogP contribution < -0.4 is 4.72 Å². The van der Waals surface area contributed by atoms with Crippen LogP contribution in [0.2, 0.25) is 0 Å². The van der Waals surface area contributed by atoms with Crippen molar-refractivity contribution in [3.8, 4) is 0 Å². The maximum Gasteiger partial charge on any atom is 0.240 e. The number of halogens is 1. The topological polar surface area (TPSA) is 74.8 Å². The zero-order valence-electron chi connectivity index (χ0n) is 11.8. The molecule has 1 aromatic carbocycles. The maximum atomic E-state index is 12.3. The van der Waals surface area contributed by atoms with Crippen LogP contribution in [0.4, 0.5) is 0 Å². The fraction of sp³-hybridized carbons (Fsp3) is 0.133. The van der Waals surface area contributed by atoms with Crippen LogP contribution in [-0.2, 0) is 16.6 Å². The molecule has 0 aliphatic heterocycles. The molecule has 22 heavy (non-hydrogen) atoms. The van der Waals surface area contributed by atoms with Crippen molar-refractivity contribution >= 4 is 37.0 Å². The summed E-state index contributed by atoms with van der Waals surface area (Å²) in [6.45, 7) is 2.12. The van der Waals surface area contributed by atoms with E-state index in [0.717, 1.165) is 26.6 Å². The van der Waals surface area contributed by atoms with Crippen LogP contribution in [0.1, 0.15) is 11.1 Å². The smallest absolute Gasteiger partial charge is 0.240 e. The summed E-state index contributed by atoms with van der Waals surface area (Å²) in [6, 6.07) is 8.67. The minimum atomic E-state index is -3.53. The van der Waals surface area contributed by atoms with Gasteiger partial charge in [-0.05, 0) is 46.6 Å². The van der Waals surface area contributed by atoms with Crippen molar-refractivity contribution in [2.24, 2.45) is 0 Å². The van der Waals surface area contributed by atoms with Gasteiger partial charge >= 0.3 is 0 Å². The van der Waals surface area contributed by atoms with E-state index in [0.29, 0.717) is 0 Å². The molecule has 3 rings (SSSR count). The number of benzene rings is 1. The molecule has 0 saturated heterocycles. The molecule has 7 heteroatoms. The summed E-state index contributed by atoms with van der Waals surface area (Å²) in [5, 5.41) is 0.890. The minimum Gasteiger partial charge on any atom is -0.346 e. The fourth-order valence-corrected chi connectivity index (χ4v) is 3.49. The van der Waals surface area contributed by atoms with Gasteiger partial charge < -0.3 is 4.98 Å². The van der Waals surface area contributed by atoms with Gasteiger partial charge in [0.05, 0.1) is 4.90 Å². The Morgan fingerprint density at radius 3 is 2.73 bits per heavy atom. The van der Waals surface area contributed by atoms with E-state index in [1.807, 2.05) is 13.0 Å². The van der Waals surface area contributed by atoms with Crippen LogP contribution in [0.25, 0.3) is 11.0 Å². The van der Waals surface area contributed by atoms with Crippen LogP contribution in [0.15, 0.2) is 52.1 Å². The van der Waals surface area contributed by atoms with Crippen molar-refractivity contribution in [2.45, 2.75) is 18.4 Å². The Bertz CT molecular complexity index is 918. The number of sulfonamides is 1. The van der Waals surface area contributed by atoms with E-state index < -0.39 is 10.0 Å². The van der Waals surface area contributed by atoms with E-state index in [2.05, 4.69) is 30.6 Å². The molecular formula is C15H14BrN3O2S. The number of pyridine rings is 1. The summed E-state index contributed by atoms with van der Waals surface area (Å²) in [6.07, 6.45) is 3.46. The number of aromatic nitrogens is 2. The van der Waals surface area contributed by atoms with Crippen molar-refractivity contribution in [3.63, 3.8) is 0 Å². The highest BCUT2D eigenvalue weighted by Crippen LogP contribution is 2.21. The van der Waals surface area contributed by atoms with Crippen LogP contribution >= 0.6 is 15.9 Å². The minimum absolute atomic E-state index is 0.203. The molecule has 2 aromatic heterocycles. The zero-order valence-corrected chi connectivity index (χ0v) is 14.2. The monoisotopic (exact) mass is 379 g/mol. The van der Waals surface area contributed by atoms with Gasteiger partial charge in [0.25, 0.3) is 0 Å². The Kier molecular flexibility index (Phi) is 4.03. The molecule has 0 radical (unpaired) electrons. The molecule has 0 spiro atoms. The van der Waals surface area contributed by atoms with E-state index in [-0.39, 0.29) is 11.4 Å². The third-order valence-corrected chi connectivity index (χ3v) is 5.22. The van der Waals surface area contributed by atoms with Gasteiger partial charge in [-0.3, -0.25) is 0 Å². The highest BCUT2D eigenvalue weighted by Gasteiger charge is 2.14. The van der Waals surface area contributed by atoms with Crippen LogP contribution in [0.3, 0.4) is 0 Å². The normalized spacial score (nSPS) is 11.9. The lowest BCUT2D eigenvalue weighted by Gasteiger charge is -2.06. The molecule has 5 nitrogen and oxygen atoms in total. The molecule has 0 atom stereocenters. The lowest BCUT2D eigenvalue weighted by molar-refractivity contribution is 0.581. The summed E-state index contributed by atoms with van der Waals surface area (Å²) < 4.78 is 28.1. The number of rotatable bonds is 4. The first kappa shape index (κ1) is 15.2. The van der Waals surface area contributed by atoms with Gasteiger partial charge in [-0.25, -0.2) is 18.1 Å². The van der Waals surface area contributed by atoms with Gasteiger partial charge in [0.2, 0.25) is 10.0 Å². The van der Waals surface area contributed by atoms with Crippen molar-refractivity contribution in [3.05, 3.63) is 58.3 Å². The predicted molar refractivity (Wildman–Crippen MR) is 89.0 cm³/mol. The van der Waals surface area contributed by atoms with Gasteiger partial charge in [-0.1, -0.05) is 17.7 Å². The molecule has 0 unspecified atom stereocenters. The SMILES string of the molecule is Cc1ccc(S(=O)(=O)NCc2c[nH]c3ncc(Br)cc23)cc1. The third-order valence-electron chi connectivity index (χ3n) is 3.37. The van der Waals surface area contributed by atoms with E-state index >= 15 is 0 Å². The largest absolute Gasteiger partial charge is 0.346 e. The molecule has 0 saturated carbocycles. The summed E-state index contributed by atoms with van der Waals surface area (Å²) in [5.41, 5.74) is 2.60. The first-order valence-corrected chi connectivity index (χ1v) is 8.91. The molecule has 0 amide bonds. The Labute approximate surface area is 137 Å². The first-order chi connectivity index (χ1) is 10.5. The van der Waals surface area contributed by atoms with Gasteiger partial charge in [-0.2, -0.15) is 0 Å². The molecule has 114 valence electrons. The predicted octanol–water partition coefficient (Wildman–Crippen LogP) is 3.11. The number of aryl methyl sites for hydroxylation is 1. The van der Waals surface area contributed by atoms with Crippen molar-refractivity contribution < 1.29 is 8.42 Å². The number of nitrogens with one attached hydrogen (secondary N) is 2. The number of fused-ring (bicyclic) bond motifs is 1. The van der Waals surface area contributed by atoms with Gasteiger partial charge in [0.1, 0.15) is 5.65 Å². The molecule has 2 N–H and O–H groups in total.